The van der Waals surface area contributed by atoms with E-state index in [1.54, 1.807) is 0 Å². The first kappa shape index (κ1) is 13.3. The largest absolute Gasteiger partial charge is 0.378 e. The molecule has 116 valence electrons. The first-order valence-electron chi connectivity index (χ1n) is 7.83. The normalized spacial score (nSPS) is 36.1. The summed E-state index contributed by atoms with van der Waals surface area (Å²) in [6.45, 7) is 7.31. The van der Waals surface area contributed by atoms with Crippen molar-refractivity contribution in [3.63, 3.8) is 0 Å². The Labute approximate surface area is 125 Å². The predicted octanol–water partition coefficient (Wildman–Crippen LogP) is -0.205. The third kappa shape index (κ3) is 2.38. The number of guanidine groups is 2. The van der Waals surface area contributed by atoms with Gasteiger partial charge in [0.2, 0.25) is 11.9 Å². The average Bonchev–Trinajstić information content (AvgIpc) is 2.50. The molecule has 0 aromatic heterocycles. The van der Waals surface area contributed by atoms with Crippen LogP contribution in [0.25, 0.3) is 0 Å². The van der Waals surface area contributed by atoms with E-state index in [9.17, 15) is 0 Å². The first-order valence-corrected chi connectivity index (χ1v) is 7.83. The fourth-order valence-corrected chi connectivity index (χ4v) is 3.35. The predicted molar refractivity (Wildman–Crippen MR) is 79.3 cm³/mol. The molecule has 0 N–H and O–H groups in total. The molecule has 5 heterocycles. The third-order valence-electron chi connectivity index (χ3n) is 4.71. The van der Waals surface area contributed by atoms with Crippen LogP contribution in [0.2, 0.25) is 0 Å². The molecule has 21 heavy (non-hydrogen) atoms. The lowest BCUT2D eigenvalue weighted by atomic mass is 9.99. The van der Waals surface area contributed by atoms with E-state index >= 15 is 0 Å². The topological polar surface area (TPSA) is 52.9 Å². The second-order valence-electron chi connectivity index (χ2n) is 6.20. The van der Waals surface area contributed by atoms with E-state index in [1.165, 1.54) is 6.42 Å². The molecule has 2 bridgehead atoms. The van der Waals surface area contributed by atoms with Crippen molar-refractivity contribution in [1.29, 1.82) is 0 Å². The lowest BCUT2D eigenvalue weighted by Crippen LogP contribution is -2.60. The van der Waals surface area contributed by atoms with Gasteiger partial charge in [0.05, 0.1) is 25.4 Å². The monoisotopic (exact) mass is 293 g/mol. The fourth-order valence-electron chi connectivity index (χ4n) is 3.35. The van der Waals surface area contributed by atoms with E-state index in [1.807, 2.05) is 0 Å². The maximum atomic E-state index is 5.70. The minimum atomic E-state index is 0.120. The van der Waals surface area contributed by atoms with Gasteiger partial charge in [0.25, 0.3) is 0 Å². The van der Waals surface area contributed by atoms with Crippen molar-refractivity contribution < 1.29 is 9.47 Å². The Morgan fingerprint density at radius 3 is 2.43 bits per heavy atom. The maximum Gasteiger partial charge on any atom is 0.226 e. The second-order valence-corrected chi connectivity index (χ2v) is 6.20. The van der Waals surface area contributed by atoms with Crippen LogP contribution < -0.4 is 0 Å². The Morgan fingerprint density at radius 1 is 1.10 bits per heavy atom. The molecule has 7 heteroatoms. The first-order chi connectivity index (χ1) is 10.2. The highest BCUT2D eigenvalue weighted by Crippen LogP contribution is 2.29. The zero-order valence-electron chi connectivity index (χ0n) is 12.7. The summed E-state index contributed by atoms with van der Waals surface area (Å²) in [5.41, 5.74) is 0. The summed E-state index contributed by atoms with van der Waals surface area (Å²) in [7, 11) is 2.07. The zero-order chi connectivity index (χ0) is 14.4. The number of fused-ring (bicyclic) bond motifs is 2. The quantitative estimate of drug-likeness (QED) is 0.619. The van der Waals surface area contributed by atoms with E-state index < -0.39 is 0 Å². The summed E-state index contributed by atoms with van der Waals surface area (Å²) in [5.74, 6) is 1.90. The fraction of sp³-hybridized carbons (Fsp3) is 0.857. The van der Waals surface area contributed by atoms with Gasteiger partial charge in [-0.05, 0) is 6.92 Å². The van der Waals surface area contributed by atoms with Crippen LogP contribution in [0.1, 0.15) is 13.3 Å². The lowest BCUT2D eigenvalue weighted by Gasteiger charge is -2.48. The number of rotatable bonds is 0. The van der Waals surface area contributed by atoms with Crippen LogP contribution >= 0.6 is 0 Å². The molecule has 0 aromatic carbocycles. The molecule has 0 aliphatic carbocycles. The van der Waals surface area contributed by atoms with Crippen LogP contribution in [0, 0.1) is 0 Å². The van der Waals surface area contributed by atoms with Crippen LogP contribution in [0.4, 0.5) is 0 Å². The number of hydrogen-bond donors (Lipinski definition) is 0. The highest BCUT2D eigenvalue weighted by atomic mass is 16.5. The average molecular weight is 293 g/mol. The van der Waals surface area contributed by atoms with Crippen molar-refractivity contribution in [3.8, 4) is 0 Å². The van der Waals surface area contributed by atoms with Crippen molar-refractivity contribution in [3.05, 3.63) is 0 Å². The molecule has 4 fully saturated rings. The van der Waals surface area contributed by atoms with Gasteiger partial charge in [-0.25, -0.2) is 4.99 Å². The molecule has 3 atom stereocenters. The summed E-state index contributed by atoms with van der Waals surface area (Å²) in [6.07, 6.45) is 2.07. The maximum absolute atomic E-state index is 5.70. The van der Waals surface area contributed by atoms with Crippen molar-refractivity contribution in [1.82, 2.24) is 14.7 Å². The molecule has 0 aromatic rings. The molecule has 5 aliphatic rings. The Morgan fingerprint density at radius 2 is 1.76 bits per heavy atom. The molecule has 7 nitrogen and oxygen atoms in total. The molecule has 0 saturated carbocycles. The molecule has 3 unspecified atom stereocenters. The van der Waals surface area contributed by atoms with Crippen LogP contribution in [-0.2, 0) is 9.47 Å². The number of ether oxygens (including phenoxy) is 2. The molecular formula is C14H23N5O2. The minimum absolute atomic E-state index is 0.120. The Bertz CT molecular complexity index is 458. The van der Waals surface area contributed by atoms with Gasteiger partial charge in [0.15, 0.2) is 0 Å². The summed E-state index contributed by atoms with van der Waals surface area (Å²) in [6, 6.07) is 0. The number of nitrogens with zero attached hydrogens (tertiary/aromatic N) is 5. The number of aliphatic imine (C=N–C) groups is 2. The van der Waals surface area contributed by atoms with E-state index in [0.29, 0.717) is 12.2 Å². The smallest absolute Gasteiger partial charge is 0.226 e. The van der Waals surface area contributed by atoms with Crippen LogP contribution in [0.3, 0.4) is 0 Å². The van der Waals surface area contributed by atoms with Crippen molar-refractivity contribution in [2.75, 3.05) is 46.4 Å². The van der Waals surface area contributed by atoms with Gasteiger partial charge in [-0.15, -0.1) is 0 Å². The van der Waals surface area contributed by atoms with Gasteiger partial charge in [-0.1, -0.05) is 0 Å². The van der Waals surface area contributed by atoms with Crippen LogP contribution in [0.15, 0.2) is 9.98 Å². The van der Waals surface area contributed by atoms with Crippen LogP contribution in [-0.4, -0.2) is 91.4 Å². The summed E-state index contributed by atoms with van der Waals surface area (Å²) in [4.78, 5) is 16.3. The van der Waals surface area contributed by atoms with Crippen LogP contribution in [0.5, 0.6) is 0 Å². The minimum Gasteiger partial charge on any atom is -0.378 e. The van der Waals surface area contributed by atoms with Gasteiger partial charge in [-0.2, -0.15) is 4.99 Å². The van der Waals surface area contributed by atoms with E-state index in [2.05, 4.69) is 28.7 Å². The van der Waals surface area contributed by atoms with Gasteiger partial charge in [0, 0.05) is 39.6 Å². The third-order valence-corrected chi connectivity index (χ3v) is 4.71. The number of piperidine rings is 1. The highest BCUT2D eigenvalue weighted by Gasteiger charge is 2.40. The molecule has 0 amide bonds. The Hall–Kier alpha value is -1.34. The molecule has 0 spiro atoms. The number of morpholine rings is 2. The summed E-state index contributed by atoms with van der Waals surface area (Å²) >= 11 is 0. The Kier molecular flexibility index (Phi) is 3.26. The van der Waals surface area contributed by atoms with E-state index in [4.69, 9.17) is 19.5 Å². The molecule has 5 aliphatic heterocycles. The molecule has 0 radical (unpaired) electrons. The van der Waals surface area contributed by atoms with Crippen molar-refractivity contribution in [2.24, 2.45) is 9.98 Å². The summed E-state index contributed by atoms with van der Waals surface area (Å²) < 4.78 is 11.1. The SMILES string of the molecule is CC1N=C(N2CC3CC(C2)O3)N=C(N2CCOCC2)N1C. The number of hydrogen-bond acceptors (Lipinski definition) is 7. The van der Waals surface area contributed by atoms with Crippen molar-refractivity contribution >= 4 is 11.9 Å². The van der Waals surface area contributed by atoms with Gasteiger partial charge in [-0.3, -0.25) is 0 Å². The molecule has 4 saturated heterocycles. The van der Waals surface area contributed by atoms with E-state index in [-0.39, 0.29) is 6.17 Å². The van der Waals surface area contributed by atoms with E-state index in [0.717, 1.165) is 51.3 Å². The van der Waals surface area contributed by atoms with Gasteiger partial charge in [0.1, 0.15) is 6.17 Å². The molecule has 5 rings (SSSR count). The van der Waals surface area contributed by atoms with Gasteiger partial charge >= 0.3 is 0 Å². The Balaban J connectivity index is 1.55. The highest BCUT2D eigenvalue weighted by molar-refractivity contribution is 5.97. The van der Waals surface area contributed by atoms with Crippen molar-refractivity contribution in [2.45, 2.75) is 31.7 Å². The molecular weight excluding hydrogens is 270 g/mol. The standard InChI is InChI=1S/C14H23N5O2/c1-10-15-13(19-8-11-7-12(9-19)21-11)16-14(17(10)2)18-3-5-20-6-4-18/h10-12H,3-9H2,1-2H3. The summed E-state index contributed by atoms with van der Waals surface area (Å²) in [5, 5.41) is 0. The zero-order valence-corrected chi connectivity index (χ0v) is 12.7. The second kappa shape index (κ2) is 5.14. The van der Waals surface area contributed by atoms with Gasteiger partial charge < -0.3 is 24.2 Å². The lowest BCUT2D eigenvalue weighted by molar-refractivity contribution is -0.167.